The quantitative estimate of drug-likeness (QED) is 0.948. The Balaban J connectivity index is 1.72. The second-order valence-electron chi connectivity index (χ2n) is 5.92. The summed E-state index contributed by atoms with van der Waals surface area (Å²) < 4.78 is 0. The maximum Gasteiger partial charge on any atom is 0.257 e. The van der Waals surface area contributed by atoms with Gasteiger partial charge in [0, 0.05) is 36.7 Å². The number of nitrogens with one attached hydrogen (secondary N) is 1. The lowest BCUT2D eigenvalue weighted by Gasteiger charge is -2.16. The molecule has 0 spiro atoms. The van der Waals surface area contributed by atoms with Crippen molar-refractivity contribution in [3.05, 3.63) is 59.9 Å². The molecule has 1 atom stereocenters. The van der Waals surface area contributed by atoms with E-state index in [1.807, 2.05) is 4.90 Å². The Morgan fingerprint density at radius 2 is 2.04 bits per heavy atom. The number of pyridine rings is 1. The molecule has 0 radical (unpaired) electrons. The molecule has 0 bridgehead atoms. The summed E-state index contributed by atoms with van der Waals surface area (Å²) in [6.45, 7) is 3.75. The van der Waals surface area contributed by atoms with Gasteiger partial charge in [0.25, 0.3) is 11.8 Å². The van der Waals surface area contributed by atoms with Crippen LogP contribution >= 0.6 is 0 Å². The van der Waals surface area contributed by atoms with Crippen molar-refractivity contribution in [1.29, 1.82) is 0 Å². The zero-order chi connectivity index (χ0) is 16.2. The van der Waals surface area contributed by atoms with Gasteiger partial charge in [-0.05, 0) is 42.7 Å². The van der Waals surface area contributed by atoms with Crippen LogP contribution in [0.2, 0.25) is 0 Å². The number of rotatable bonds is 3. The predicted molar refractivity (Wildman–Crippen MR) is 88.3 cm³/mol. The summed E-state index contributed by atoms with van der Waals surface area (Å²) >= 11 is 0. The minimum Gasteiger partial charge on any atom is -0.338 e. The maximum atomic E-state index is 12.5. The number of amides is 2. The Morgan fingerprint density at radius 3 is 2.74 bits per heavy atom. The molecule has 5 heteroatoms. The molecule has 2 amide bonds. The molecule has 1 aliphatic rings. The van der Waals surface area contributed by atoms with Crippen molar-refractivity contribution in [1.82, 2.24) is 9.88 Å². The highest BCUT2D eigenvalue weighted by Crippen LogP contribution is 2.19. The first-order valence-corrected chi connectivity index (χ1v) is 7.74. The van der Waals surface area contributed by atoms with E-state index in [2.05, 4.69) is 17.2 Å². The zero-order valence-corrected chi connectivity index (χ0v) is 13.0. The molecular formula is C18H19N3O2. The molecule has 3 rings (SSSR count). The number of anilines is 1. The van der Waals surface area contributed by atoms with Crippen LogP contribution in [-0.2, 0) is 0 Å². The normalized spacial score (nSPS) is 17.1. The molecule has 1 aliphatic heterocycles. The number of aromatic nitrogens is 1. The monoisotopic (exact) mass is 309 g/mol. The molecule has 23 heavy (non-hydrogen) atoms. The number of benzene rings is 1. The molecule has 1 fully saturated rings. The number of hydrogen-bond acceptors (Lipinski definition) is 3. The number of carbonyl (C=O) groups is 2. The Morgan fingerprint density at radius 1 is 1.22 bits per heavy atom. The molecule has 0 aliphatic carbocycles. The van der Waals surface area contributed by atoms with Gasteiger partial charge >= 0.3 is 0 Å². The first-order valence-electron chi connectivity index (χ1n) is 7.74. The summed E-state index contributed by atoms with van der Waals surface area (Å²) in [5.74, 6) is 0.330. The van der Waals surface area contributed by atoms with Crippen molar-refractivity contribution in [2.24, 2.45) is 5.92 Å². The van der Waals surface area contributed by atoms with Crippen LogP contribution in [0.25, 0.3) is 0 Å². The highest BCUT2D eigenvalue weighted by molar-refractivity contribution is 6.04. The van der Waals surface area contributed by atoms with Crippen molar-refractivity contribution in [3.8, 4) is 0 Å². The van der Waals surface area contributed by atoms with Gasteiger partial charge < -0.3 is 10.2 Å². The smallest absolute Gasteiger partial charge is 0.257 e. The Hall–Kier alpha value is -2.69. The van der Waals surface area contributed by atoms with Gasteiger partial charge in [0.2, 0.25) is 0 Å². The molecule has 5 nitrogen and oxygen atoms in total. The summed E-state index contributed by atoms with van der Waals surface area (Å²) in [4.78, 5) is 30.5. The van der Waals surface area contributed by atoms with Gasteiger partial charge in [0.15, 0.2) is 0 Å². The molecular weight excluding hydrogens is 290 g/mol. The first kappa shape index (κ1) is 15.2. The number of carbonyl (C=O) groups excluding carboxylic acids is 2. The number of likely N-dealkylation sites (tertiary alicyclic amines) is 1. The van der Waals surface area contributed by atoms with Crippen LogP contribution in [0.15, 0.2) is 48.8 Å². The van der Waals surface area contributed by atoms with E-state index in [-0.39, 0.29) is 11.8 Å². The van der Waals surface area contributed by atoms with E-state index >= 15 is 0 Å². The summed E-state index contributed by atoms with van der Waals surface area (Å²) in [7, 11) is 0. The van der Waals surface area contributed by atoms with Crippen LogP contribution in [0, 0.1) is 5.92 Å². The fourth-order valence-corrected chi connectivity index (χ4v) is 2.73. The van der Waals surface area contributed by atoms with Crippen LogP contribution in [0.4, 0.5) is 5.69 Å². The van der Waals surface area contributed by atoms with Crippen molar-refractivity contribution in [2.75, 3.05) is 18.4 Å². The van der Waals surface area contributed by atoms with E-state index in [0.717, 1.165) is 19.5 Å². The van der Waals surface area contributed by atoms with Gasteiger partial charge in [-0.2, -0.15) is 0 Å². The van der Waals surface area contributed by atoms with Crippen LogP contribution in [0.3, 0.4) is 0 Å². The van der Waals surface area contributed by atoms with Crippen molar-refractivity contribution in [3.63, 3.8) is 0 Å². The van der Waals surface area contributed by atoms with Crippen molar-refractivity contribution < 1.29 is 9.59 Å². The lowest BCUT2D eigenvalue weighted by molar-refractivity contribution is 0.0787. The molecule has 0 saturated carbocycles. The molecule has 2 aromatic rings. The fourth-order valence-electron chi connectivity index (χ4n) is 2.73. The van der Waals surface area contributed by atoms with Gasteiger partial charge in [0.05, 0.1) is 5.56 Å². The third kappa shape index (κ3) is 3.56. The minimum atomic E-state index is -0.238. The Labute approximate surface area is 135 Å². The van der Waals surface area contributed by atoms with Gasteiger partial charge in [-0.1, -0.05) is 13.0 Å². The van der Waals surface area contributed by atoms with Crippen LogP contribution in [0.1, 0.15) is 34.1 Å². The van der Waals surface area contributed by atoms with Gasteiger partial charge in [-0.15, -0.1) is 0 Å². The topological polar surface area (TPSA) is 62.3 Å². The highest BCUT2D eigenvalue weighted by atomic mass is 16.2. The Kier molecular flexibility index (Phi) is 4.37. The molecule has 0 unspecified atom stereocenters. The van der Waals surface area contributed by atoms with Crippen LogP contribution < -0.4 is 5.32 Å². The third-order valence-corrected chi connectivity index (χ3v) is 4.00. The molecule has 1 aromatic carbocycles. The molecule has 1 saturated heterocycles. The van der Waals surface area contributed by atoms with Gasteiger partial charge in [-0.3, -0.25) is 14.6 Å². The van der Waals surface area contributed by atoms with Crippen LogP contribution in [-0.4, -0.2) is 34.8 Å². The minimum absolute atomic E-state index is 0.0202. The summed E-state index contributed by atoms with van der Waals surface area (Å²) in [6, 6.07) is 10.5. The van der Waals surface area contributed by atoms with Crippen molar-refractivity contribution in [2.45, 2.75) is 13.3 Å². The maximum absolute atomic E-state index is 12.5. The average Bonchev–Trinajstić information content (AvgIpc) is 3.01. The lowest BCUT2D eigenvalue weighted by atomic mass is 10.1. The number of hydrogen-bond donors (Lipinski definition) is 1. The third-order valence-electron chi connectivity index (χ3n) is 4.00. The van der Waals surface area contributed by atoms with Gasteiger partial charge in [0.1, 0.15) is 0 Å². The molecule has 1 N–H and O–H groups in total. The number of nitrogens with zero attached hydrogens (tertiary/aromatic N) is 2. The summed E-state index contributed by atoms with van der Waals surface area (Å²) in [6.07, 6.45) is 4.17. The van der Waals surface area contributed by atoms with E-state index in [4.69, 9.17) is 0 Å². The first-order chi connectivity index (χ1) is 11.1. The van der Waals surface area contributed by atoms with E-state index in [1.54, 1.807) is 42.6 Å². The Bertz CT molecular complexity index is 715. The zero-order valence-electron chi connectivity index (χ0n) is 13.0. The van der Waals surface area contributed by atoms with Gasteiger partial charge in [-0.25, -0.2) is 0 Å². The fraction of sp³-hybridized carbons (Fsp3) is 0.278. The molecule has 118 valence electrons. The average molecular weight is 309 g/mol. The summed E-state index contributed by atoms with van der Waals surface area (Å²) in [5, 5.41) is 2.80. The van der Waals surface area contributed by atoms with Crippen molar-refractivity contribution >= 4 is 17.5 Å². The van der Waals surface area contributed by atoms with Crippen LogP contribution in [0.5, 0.6) is 0 Å². The lowest BCUT2D eigenvalue weighted by Crippen LogP contribution is -2.28. The molecule has 1 aromatic heterocycles. The van der Waals surface area contributed by atoms with E-state index in [1.165, 1.54) is 6.20 Å². The van der Waals surface area contributed by atoms with E-state index in [9.17, 15) is 9.59 Å². The molecule has 2 heterocycles. The SMILES string of the molecule is C[C@H]1CCN(C(=O)c2cccc(NC(=O)c3cccnc3)c2)C1. The summed E-state index contributed by atoms with van der Waals surface area (Å²) in [5.41, 5.74) is 1.69. The van der Waals surface area contributed by atoms with E-state index < -0.39 is 0 Å². The largest absolute Gasteiger partial charge is 0.338 e. The second-order valence-corrected chi connectivity index (χ2v) is 5.92. The van der Waals surface area contributed by atoms with E-state index in [0.29, 0.717) is 22.7 Å². The highest BCUT2D eigenvalue weighted by Gasteiger charge is 2.24. The second kappa shape index (κ2) is 6.60. The standard InChI is InChI=1S/C18H19N3O2/c1-13-7-9-21(12-13)18(23)14-4-2-6-16(10-14)20-17(22)15-5-3-8-19-11-15/h2-6,8,10-11,13H,7,9,12H2,1H3,(H,20,22)/t13-/m0/s1. The predicted octanol–water partition coefficient (Wildman–Crippen LogP) is 2.82.